The van der Waals surface area contributed by atoms with E-state index in [1.54, 1.807) is 0 Å². The highest BCUT2D eigenvalue weighted by Gasteiger charge is 2.27. The van der Waals surface area contributed by atoms with E-state index in [0.29, 0.717) is 30.8 Å². The van der Waals surface area contributed by atoms with Crippen LogP contribution in [0, 0.1) is 17.6 Å². The summed E-state index contributed by atoms with van der Waals surface area (Å²) in [5, 5.41) is 4.07. The third kappa shape index (κ3) is 4.26. The van der Waals surface area contributed by atoms with E-state index < -0.39 is 11.6 Å². The molecule has 0 spiro atoms. The Kier molecular flexibility index (Phi) is 6.29. The number of benzene rings is 1. The van der Waals surface area contributed by atoms with Crippen molar-refractivity contribution in [2.75, 3.05) is 13.1 Å². The van der Waals surface area contributed by atoms with Crippen molar-refractivity contribution >= 4 is 17.4 Å². The number of carbonyl (C=O) groups is 1. The van der Waals surface area contributed by atoms with Gasteiger partial charge in [-0.15, -0.1) is 5.10 Å². The number of aromatic nitrogens is 2. The number of rotatable bonds is 6. The molecule has 140 valence electrons. The summed E-state index contributed by atoms with van der Waals surface area (Å²) in [5.41, 5.74) is 0.922. The molecule has 1 fully saturated rings. The quantitative estimate of drug-likeness (QED) is 0.754. The molecule has 1 aliphatic rings. The summed E-state index contributed by atoms with van der Waals surface area (Å²) >= 11 is 1.16. The lowest BCUT2D eigenvalue weighted by molar-refractivity contribution is 0.0671. The van der Waals surface area contributed by atoms with Crippen LogP contribution in [0.25, 0.3) is 0 Å². The Balaban J connectivity index is 1.62. The van der Waals surface area contributed by atoms with Crippen molar-refractivity contribution in [3.05, 3.63) is 46.0 Å². The fourth-order valence-corrected chi connectivity index (χ4v) is 4.20. The molecule has 1 amide bonds. The highest BCUT2D eigenvalue weighted by atomic mass is 32.1. The topological polar surface area (TPSA) is 46.1 Å². The molecule has 1 unspecified atom stereocenters. The van der Waals surface area contributed by atoms with E-state index in [9.17, 15) is 13.6 Å². The number of halogens is 2. The first-order valence-corrected chi connectivity index (χ1v) is 9.90. The predicted octanol–water partition coefficient (Wildman–Crippen LogP) is 4.25. The third-order valence-corrected chi connectivity index (χ3v) is 5.66. The Morgan fingerprint density at radius 1 is 1.31 bits per heavy atom. The van der Waals surface area contributed by atoms with Crippen LogP contribution in [-0.2, 0) is 12.8 Å². The molecule has 2 aromatic rings. The molecule has 7 heteroatoms. The fourth-order valence-electron chi connectivity index (χ4n) is 3.52. The second-order valence-corrected chi connectivity index (χ2v) is 7.55. The molecule has 0 N–H and O–H groups in total. The number of piperidine rings is 1. The van der Waals surface area contributed by atoms with Crippen LogP contribution in [0.3, 0.4) is 0 Å². The van der Waals surface area contributed by atoms with E-state index >= 15 is 0 Å². The Labute approximate surface area is 156 Å². The van der Waals surface area contributed by atoms with Crippen LogP contribution in [0.1, 0.15) is 53.5 Å². The summed E-state index contributed by atoms with van der Waals surface area (Å²) in [5.74, 6) is -0.741. The van der Waals surface area contributed by atoms with Gasteiger partial charge < -0.3 is 4.90 Å². The molecule has 2 heterocycles. The maximum absolute atomic E-state index is 13.8. The summed E-state index contributed by atoms with van der Waals surface area (Å²) < 4.78 is 31.5. The maximum atomic E-state index is 13.8. The first kappa shape index (κ1) is 18.9. The van der Waals surface area contributed by atoms with Crippen LogP contribution in [0.4, 0.5) is 8.78 Å². The Hall–Kier alpha value is -1.89. The molecule has 1 saturated heterocycles. The molecular formula is C19H23F2N3OS. The summed E-state index contributed by atoms with van der Waals surface area (Å²) in [4.78, 5) is 15.3. The fraction of sp³-hybridized carbons (Fsp3) is 0.526. The minimum absolute atomic E-state index is 0.00905. The average molecular weight is 379 g/mol. The van der Waals surface area contributed by atoms with Gasteiger partial charge in [-0.3, -0.25) is 4.79 Å². The van der Waals surface area contributed by atoms with Gasteiger partial charge in [0.2, 0.25) is 0 Å². The minimum atomic E-state index is -0.492. The number of hydrogen-bond donors (Lipinski definition) is 0. The van der Waals surface area contributed by atoms with Gasteiger partial charge in [-0.25, -0.2) is 8.78 Å². The van der Waals surface area contributed by atoms with E-state index in [2.05, 4.69) is 9.59 Å². The van der Waals surface area contributed by atoms with Gasteiger partial charge in [0.15, 0.2) is 0 Å². The van der Waals surface area contributed by atoms with Gasteiger partial charge >= 0.3 is 0 Å². The van der Waals surface area contributed by atoms with Gasteiger partial charge in [0, 0.05) is 18.7 Å². The first-order chi connectivity index (χ1) is 12.6. The van der Waals surface area contributed by atoms with Crippen molar-refractivity contribution in [3.63, 3.8) is 0 Å². The van der Waals surface area contributed by atoms with E-state index in [-0.39, 0.29) is 17.4 Å². The van der Waals surface area contributed by atoms with Crippen molar-refractivity contribution in [2.45, 2.75) is 45.4 Å². The number of carbonyl (C=O) groups excluding carboxylic acids is 1. The SMILES string of the molecule is CCCc1nnsc1C(=O)N1CCCC(CCc2c(F)cccc2F)C1. The summed E-state index contributed by atoms with van der Waals surface area (Å²) in [6, 6.07) is 3.97. The lowest BCUT2D eigenvalue weighted by atomic mass is 9.91. The second-order valence-electron chi connectivity index (χ2n) is 6.80. The van der Waals surface area contributed by atoms with Gasteiger partial charge in [-0.2, -0.15) is 0 Å². The Morgan fingerprint density at radius 3 is 2.81 bits per heavy atom. The molecule has 1 aromatic carbocycles. The van der Waals surface area contributed by atoms with Crippen molar-refractivity contribution in [1.29, 1.82) is 0 Å². The van der Waals surface area contributed by atoms with Crippen molar-refractivity contribution in [1.82, 2.24) is 14.5 Å². The molecule has 26 heavy (non-hydrogen) atoms. The molecule has 0 aliphatic carbocycles. The molecule has 4 nitrogen and oxygen atoms in total. The van der Waals surface area contributed by atoms with Crippen LogP contribution >= 0.6 is 11.5 Å². The van der Waals surface area contributed by atoms with E-state index in [1.807, 2.05) is 11.8 Å². The zero-order chi connectivity index (χ0) is 18.5. The van der Waals surface area contributed by atoms with E-state index in [1.165, 1.54) is 18.2 Å². The maximum Gasteiger partial charge on any atom is 0.267 e. The van der Waals surface area contributed by atoms with Gasteiger partial charge in [-0.05, 0) is 61.7 Å². The van der Waals surface area contributed by atoms with Crippen LogP contribution < -0.4 is 0 Å². The van der Waals surface area contributed by atoms with E-state index in [0.717, 1.165) is 42.9 Å². The van der Waals surface area contributed by atoms with Gasteiger partial charge in [-0.1, -0.05) is 23.9 Å². The Morgan fingerprint density at radius 2 is 2.08 bits per heavy atom. The lowest BCUT2D eigenvalue weighted by Gasteiger charge is -2.32. The van der Waals surface area contributed by atoms with Crippen LogP contribution in [-0.4, -0.2) is 33.5 Å². The van der Waals surface area contributed by atoms with E-state index in [4.69, 9.17) is 0 Å². The number of aryl methyl sites for hydroxylation is 1. The second kappa shape index (κ2) is 8.66. The average Bonchev–Trinajstić information content (AvgIpc) is 3.09. The third-order valence-electron chi connectivity index (χ3n) is 4.91. The highest BCUT2D eigenvalue weighted by molar-refractivity contribution is 7.08. The smallest absolute Gasteiger partial charge is 0.267 e. The van der Waals surface area contributed by atoms with Crippen molar-refractivity contribution in [2.24, 2.45) is 5.92 Å². The first-order valence-electron chi connectivity index (χ1n) is 9.13. The molecular weight excluding hydrogens is 356 g/mol. The van der Waals surface area contributed by atoms with Crippen LogP contribution in [0.2, 0.25) is 0 Å². The standard InChI is InChI=1S/C19H23F2N3OS/c1-2-5-17-18(26-23-22-17)19(25)24-11-4-6-13(12-24)9-10-14-15(20)7-3-8-16(14)21/h3,7-8,13H,2,4-6,9-12H2,1H3. The number of hydrogen-bond acceptors (Lipinski definition) is 4. The van der Waals surface area contributed by atoms with Gasteiger partial charge in [0.25, 0.3) is 5.91 Å². The number of likely N-dealkylation sites (tertiary alicyclic amines) is 1. The number of nitrogens with zero attached hydrogens (tertiary/aromatic N) is 3. The lowest BCUT2D eigenvalue weighted by Crippen LogP contribution is -2.40. The normalized spacial score (nSPS) is 17.5. The predicted molar refractivity (Wildman–Crippen MR) is 97.2 cm³/mol. The van der Waals surface area contributed by atoms with Crippen molar-refractivity contribution in [3.8, 4) is 0 Å². The summed E-state index contributed by atoms with van der Waals surface area (Å²) in [6.07, 6.45) is 4.58. The summed E-state index contributed by atoms with van der Waals surface area (Å²) in [7, 11) is 0. The van der Waals surface area contributed by atoms with Gasteiger partial charge in [0.05, 0.1) is 5.69 Å². The van der Waals surface area contributed by atoms with Crippen molar-refractivity contribution < 1.29 is 13.6 Å². The van der Waals surface area contributed by atoms with Crippen LogP contribution in [0.5, 0.6) is 0 Å². The van der Waals surface area contributed by atoms with Crippen LogP contribution in [0.15, 0.2) is 18.2 Å². The molecule has 0 radical (unpaired) electrons. The van der Waals surface area contributed by atoms with Gasteiger partial charge in [0.1, 0.15) is 16.5 Å². The molecule has 1 aromatic heterocycles. The summed E-state index contributed by atoms with van der Waals surface area (Å²) in [6.45, 7) is 3.39. The Bertz CT molecular complexity index is 745. The monoisotopic (exact) mass is 379 g/mol. The molecule has 0 bridgehead atoms. The number of amides is 1. The molecule has 3 rings (SSSR count). The largest absolute Gasteiger partial charge is 0.338 e. The molecule has 0 saturated carbocycles. The zero-order valence-electron chi connectivity index (χ0n) is 14.9. The minimum Gasteiger partial charge on any atom is -0.338 e. The molecule has 1 atom stereocenters. The molecule has 1 aliphatic heterocycles. The zero-order valence-corrected chi connectivity index (χ0v) is 15.7. The highest BCUT2D eigenvalue weighted by Crippen LogP contribution is 2.26.